The first-order valence-electron chi connectivity index (χ1n) is 5.39. The van der Waals surface area contributed by atoms with Crippen molar-refractivity contribution in [3.05, 3.63) is 62.8 Å². The summed E-state index contributed by atoms with van der Waals surface area (Å²) in [4.78, 5) is 0. The van der Waals surface area contributed by atoms with Gasteiger partial charge in [-0.15, -0.1) is 0 Å². The fraction of sp³-hybridized carbons (Fsp3) is 0.143. The summed E-state index contributed by atoms with van der Waals surface area (Å²) in [5, 5.41) is 0.385. The molecule has 0 fully saturated rings. The maximum Gasteiger partial charge on any atom is 0.131 e. The highest BCUT2D eigenvalue weighted by molar-refractivity contribution is 9.10. The van der Waals surface area contributed by atoms with Gasteiger partial charge in [-0.05, 0) is 42.8 Å². The molecule has 0 unspecified atom stereocenters. The van der Waals surface area contributed by atoms with Gasteiger partial charge in [-0.1, -0.05) is 33.6 Å². The summed E-state index contributed by atoms with van der Waals surface area (Å²) in [5.74, 6) is 0.362. The molecular weight excluding hydrogens is 319 g/mol. The number of hydrogen-bond acceptors (Lipinski definition) is 1. The average Bonchev–Trinajstić information content (AvgIpc) is 2.32. The first-order chi connectivity index (χ1) is 8.56. The van der Waals surface area contributed by atoms with Crippen molar-refractivity contribution in [1.82, 2.24) is 0 Å². The third-order valence-electron chi connectivity index (χ3n) is 2.54. The number of ether oxygens (including phenoxy) is 1. The summed E-state index contributed by atoms with van der Waals surface area (Å²) >= 11 is 9.10. The second-order valence-electron chi connectivity index (χ2n) is 3.94. The quantitative estimate of drug-likeness (QED) is 0.758. The Kier molecular flexibility index (Phi) is 4.25. The van der Waals surface area contributed by atoms with Gasteiger partial charge in [0.25, 0.3) is 0 Å². The second-order valence-corrected chi connectivity index (χ2v) is 5.23. The van der Waals surface area contributed by atoms with Crippen LogP contribution >= 0.6 is 27.5 Å². The van der Waals surface area contributed by atoms with Gasteiger partial charge < -0.3 is 4.74 Å². The summed E-state index contributed by atoms with van der Waals surface area (Å²) in [6.45, 7) is 2.16. The van der Waals surface area contributed by atoms with E-state index in [2.05, 4.69) is 15.9 Å². The highest BCUT2D eigenvalue weighted by atomic mass is 79.9. The van der Waals surface area contributed by atoms with E-state index in [1.165, 1.54) is 6.07 Å². The molecule has 0 bridgehead atoms. The van der Waals surface area contributed by atoms with Crippen molar-refractivity contribution in [1.29, 1.82) is 0 Å². The van der Waals surface area contributed by atoms with Gasteiger partial charge in [0.05, 0.1) is 0 Å². The van der Waals surface area contributed by atoms with Crippen molar-refractivity contribution >= 4 is 27.5 Å². The van der Waals surface area contributed by atoms with Gasteiger partial charge in [-0.2, -0.15) is 0 Å². The molecule has 0 spiro atoms. The van der Waals surface area contributed by atoms with E-state index >= 15 is 0 Å². The van der Waals surface area contributed by atoms with E-state index in [1.54, 1.807) is 12.1 Å². The summed E-state index contributed by atoms with van der Waals surface area (Å²) in [6, 6.07) is 10.2. The standard InChI is InChI=1S/C14H11BrClFO/c1-9-6-12(4-5-13(9)15)18-8-10-2-3-11(16)7-14(10)17/h2-7H,8H2,1H3. The van der Waals surface area contributed by atoms with Gasteiger partial charge in [0.1, 0.15) is 18.2 Å². The molecule has 0 atom stereocenters. The Morgan fingerprint density at radius 3 is 2.67 bits per heavy atom. The summed E-state index contributed by atoms with van der Waals surface area (Å²) in [5.41, 5.74) is 1.56. The number of aryl methyl sites for hydroxylation is 1. The first kappa shape index (κ1) is 13.4. The lowest BCUT2D eigenvalue weighted by atomic mass is 10.2. The molecule has 94 valence electrons. The molecule has 1 nitrogen and oxygen atoms in total. The number of halogens is 3. The normalized spacial score (nSPS) is 10.4. The molecule has 0 aliphatic heterocycles. The van der Waals surface area contributed by atoms with Crippen LogP contribution in [0.5, 0.6) is 5.75 Å². The van der Waals surface area contributed by atoms with Crippen LogP contribution in [0.3, 0.4) is 0 Å². The minimum atomic E-state index is -0.351. The largest absolute Gasteiger partial charge is 0.489 e. The molecule has 0 amide bonds. The minimum absolute atomic E-state index is 0.185. The predicted molar refractivity (Wildman–Crippen MR) is 74.6 cm³/mol. The Labute approximate surface area is 119 Å². The van der Waals surface area contributed by atoms with Gasteiger partial charge >= 0.3 is 0 Å². The topological polar surface area (TPSA) is 9.23 Å². The monoisotopic (exact) mass is 328 g/mol. The summed E-state index contributed by atoms with van der Waals surface area (Å²) in [6.07, 6.45) is 0. The van der Waals surface area contributed by atoms with Crippen molar-refractivity contribution < 1.29 is 9.13 Å². The molecule has 0 N–H and O–H groups in total. The maximum atomic E-state index is 13.5. The van der Waals surface area contributed by atoms with Crippen LogP contribution in [0.25, 0.3) is 0 Å². The van der Waals surface area contributed by atoms with Gasteiger partial charge in [0, 0.05) is 15.1 Å². The Morgan fingerprint density at radius 1 is 1.22 bits per heavy atom. The van der Waals surface area contributed by atoms with E-state index in [-0.39, 0.29) is 12.4 Å². The Hall–Kier alpha value is -1.06. The van der Waals surface area contributed by atoms with Crippen molar-refractivity contribution in [2.45, 2.75) is 13.5 Å². The lowest BCUT2D eigenvalue weighted by Gasteiger charge is -2.08. The van der Waals surface area contributed by atoms with Crippen LogP contribution in [0.2, 0.25) is 5.02 Å². The zero-order valence-corrected chi connectivity index (χ0v) is 12.1. The van der Waals surface area contributed by atoms with E-state index in [0.29, 0.717) is 16.3 Å². The van der Waals surface area contributed by atoms with Crippen LogP contribution in [-0.4, -0.2) is 0 Å². The number of rotatable bonds is 3. The number of hydrogen-bond donors (Lipinski definition) is 0. The van der Waals surface area contributed by atoms with Gasteiger partial charge in [0.15, 0.2) is 0 Å². The summed E-state index contributed by atoms with van der Waals surface area (Å²) in [7, 11) is 0. The van der Waals surface area contributed by atoms with Crippen LogP contribution in [0, 0.1) is 12.7 Å². The Balaban J connectivity index is 2.09. The summed E-state index contributed by atoms with van der Waals surface area (Å²) < 4.78 is 20.1. The van der Waals surface area contributed by atoms with Gasteiger partial charge in [-0.25, -0.2) is 4.39 Å². The van der Waals surface area contributed by atoms with Crippen molar-refractivity contribution in [3.63, 3.8) is 0 Å². The maximum absolute atomic E-state index is 13.5. The lowest BCUT2D eigenvalue weighted by molar-refractivity contribution is 0.299. The SMILES string of the molecule is Cc1cc(OCc2ccc(Cl)cc2F)ccc1Br. The smallest absolute Gasteiger partial charge is 0.131 e. The van der Waals surface area contributed by atoms with E-state index in [0.717, 1.165) is 10.0 Å². The minimum Gasteiger partial charge on any atom is -0.489 e. The molecule has 2 aromatic carbocycles. The highest BCUT2D eigenvalue weighted by Gasteiger charge is 2.04. The van der Waals surface area contributed by atoms with Crippen molar-refractivity contribution in [2.24, 2.45) is 0 Å². The van der Waals surface area contributed by atoms with Crippen molar-refractivity contribution in [2.75, 3.05) is 0 Å². The molecule has 0 aliphatic rings. The second kappa shape index (κ2) is 5.72. The molecule has 0 radical (unpaired) electrons. The Morgan fingerprint density at radius 2 is 2.00 bits per heavy atom. The molecule has 0 saturated carbocycles. The van der Waals surface area contributed by atoms with Crippen LogP contribution < -0.4 is 4.74 Å². The average molecular weight is 330 g/mol. The third-order valence-corrected chi connectivity index (χ3v) is 3.66. The van der Waals surface area contributed by atoms with Crippen LogP contribution in [-0.2, 0) is 6.61 Å². The van der Waals surface area contributed by atoms with Crippen LogP contribution in [0.1, 0.15) is 11.1 Å². The molecular formula is C14H11BrClFO. The fourth-order valence-electron chi connectivity index (χ4n) is 1.51. The number of benzene rings is 2. The molecule has 2 aromatic rings. The molecule has 18 heavy (non-hydrogen) atoms. The molecule has 0 heterocycles. The van der Waals surface area contributed by atoms with E-state index in [4.69, 9.17) is 16.3 Å². The third kappa shape index (κ3) is 3.24. The van der Waals surface area contributed by atoms with E-state index < -0.39 is 0 Å². The fourth-order valence-corrected chi connectivity index (χ4v) is 1.91. The van der Waals surface area contributed by atoms with Crippen LogP contribution in [0.15, 0.2) is 40.9 Å². The molecule has 0 aliphatic carbocycles. The molecule has 2 rings (SSSR count). The Bertz CT molecular complexity index is 572. The molecule has 0 aromatic heterocycles. The van der Waals surface area contributed by atoms with Crippen molar-refractivity contribution in [3.8, 4) is 5.75 Å². The predicted octanol–water partition coefficient (Wildman–Crippen LogP) is 5.13. The van der Waals surface area contributed by atoms with Gasteiger partial charge in [0.2, 0.25) is 0 Å². The molecule has 4 heteroatoms. The van der Waals surface area contributed by atoms with E-state index in [9.17, 15) is 4.39 Å². The first-order valence-corrected chi connectivity index (χ1v) is 6.56. The zero-order valence-electron chi connectivity index (χ0n) is 9.71. The van der Waals surface area contributed by atoms with Crippen LogP contribution in [0.4, 0.5) is 4.39 Å². The zero-order chi connectivity index (χ0) is 13.1. The molecule has 0 saturated heterocycles. The lowest BCUT2D eigenvalue weighted by Crippen LogP contribution is -1.98. The highest BCUT2D eigenvalue weighted by Crippen LogP contribution is 2.23. The van der Waals surface area contributed by atoms with Gasteiger partial charge in [-0.3, -0.25) is 0 Å². The van der Waals surface area contributed by atoms with E-state index in [1.807, 2.05) is 25.1 Å².